The lowest BCUT2D eigenvalue weighted by atomic mass is 10.5. The lowest BCUT2D eigenvalue weighted by Crippen LogP contribution is -2.29. The number of nitrogens with zero attached hydrogens (tertiary/aromatic N) is 2. The number of aromatic nitrogens is 2. The van der Waals surface area contributed by atoms with E-state index in [1.807, 2.05) is 6.92 Å². The highest BCUT2D eigenvalue weighted by molar-refractivity contribution is 6.99. The number of nitrogens with one attached hydrogen (secondary N) is 2. The average molecular weight is 186 g/mol. The first kappa shape index (κ1) is 8.92. The topological polar surface area (TPSA) is 66.9 Å². The van der Waals surface area contributed by atoms with Gasteiger partial charge in [-0.15, -0.1) is 0 Å². The van der Waals surface area contributed by atoms with E-state index < -0.39 is 0 Å². The second kappa shape index (κ2) is 4.66. The van der Waals surface area contributed by atoms with Gasteiger partial charge in [0.1, 0.15) is 0 Å². The molecule has 0 atom stereocenters. The van der Waals surface area contributed by atoms with Gasteiger partial charge in [0.2, 0.25) is 0 Å². The van der Waals surface area contributed by atoms with E-state index in [2.05, 4.69) is 19.4 Å². The number of hydrogen-bond donors (Lipinski definition) is 2. The Morgan fingerprint density at radius 3 is 3.17 bits per heavy atom. The summed E-state index contributed by atoms with van der Waals surface area (Å²) in [6, 6.07) is -0.232. The molecule has 0 aromatic carbocycles. The van der Waals surface area contributed by atoms with Crippen LogP contribution in [-0.2, 0) is 0 Å². The van der Waals surface area contributed by atoms with Crippen LogP contribution in [0.25, 0.3) is 0 Å². The molecule has 0 fully saturated rings. The molecule has 12 heavy (non-hydrogen) atoms. The van der Waals surface area contributed by atoms with E-state index in [9.17, 15) is 4.79 Å². The summed E-state index contributed by atoms with van der Waals surface area (Å²) in [5.41, 5.74) is 0. The van der Waals surface area contributed by atoms with Crippen molar-refractivity contribution < 1.29 is 4.79 Å². The molecule has 66 valence electrons. The van der Waals surface area contributed by atoms with E-state index in [1.165, 1.54) is 6.20 Å². The second-order valence-electron chi connectivity index (χ2n) is 2.17. The van der Waals surface area contributed by atoms with E-state index in [-0.39, 0.29) is 6.03 Å². The molecule has 2 amide bonds. The van der Waals surface area contributed by atoms with Crippen molar-refractivity contribution >= 4 is 23.6 Å². The minimum absolute atomic E-state index is 0.232. The second-order valence-corrected chi connectivity index (χ2v) is 2.73. The Morgan fingerprint density at radius 2 is 2.58 bits per heavy atom. The van der Waals surface area contributed by atoms with Gasteiger partial charge in [0.15, 0.2) is 5.82 Å². The quantitative estimate of drug-likeness (QED) is 0.742. The predicted octanol–water partition coefficient (Wildman–Crippen LogP) is 1.07. The van der Waals surface area contributed by atoms with Gasteiger partial charge in [0, 0.05) is 6.54 Å². The average Bonchev–Trinajstić information content (AvgIpc) is 2.53. The maximum absolute atomic E-state index is 11.0. The van der Waals surface area contributed by atoms with Crippen LogP contribution >= 0.6 is 11.7 Å². The first-order chi connectivity index (χ1) is 5.83. The number of hydrogen-bond acceptors (Lipinski definition) is 4. The Hall–Kier alpha value is -1.17. The van der Waals surface area contributed by atoms with E-state index in [1.54, 1.807) is 0 Å². The zero-order valence-corrected chi connectivity index (χ0v) is 7.52. The van der Waals surface area contributed by atoms with Crippen LogP contribution < -0.4 is 10.6 Å². The Morgan fingerprint density at radius 1 is 1.75 bits per heavy atom. The van der Waals surface area contributed by atoms with E-state index in [0.717, 1.165) is 18.1 Å². The maximum Gasteiger partial charge on any atom is 0.320 e. The van der Waals surface area contributed by atoms with Gasteiger partial charge in [-0.2, -0.15) is 8.75 Å². The van der Waals surface area contributed by atoms with Gasteiger partial charge in [-0.05, 0) is 6.42 Å². The van der Waals surface area contributed by atoms with E-state index in [4.69, 9.17) is 0 Å². The smallest absolute Gasteiger partial charge is 0.320 e. The van der Waals surface area contributed by atoms with Crippen LogP contribution in [0.3, 0.4) is 0 Å². The van der Waals surface area contributed by atoms with Gasteiger partial charge in [-0.25, -0.2) is 4.79 Å². The molecule has 0 aliphatic heterocycles. The summed E-state index contributed by atoms with van der Waals surface area (Å²) in [5.74, 6) is 0.494. The van der Waals surface area contributed by atoms with Gasteiger partial charge in [-0.1, -0.05) is 6.92 Å². The molecule has 1 aromatic rings. The van der Waals surface area contributed by atoms with Crippen LogP contribution in [-0.4, -0.2) is 21.3 Å². The summed E-state index contributed by atoms with van der Waals surface area (Å²) < 4.78 is 7.57. The summed E-state index contributed by atoms with van der Waals surface area (Å²) in [5, 5.41) is 5.20. The Kier molecular flexibility index (Phi) is 3.46. The van der Waals surface area contributed by atoms with E-state index in [0.29, 0.717) is 12.4 Å². The molecule has 6 heteroatoms. The number of amides is 2. The third kappa shape index (κ3) is 2.83. The summed E-state index contributed by atoms with van der Waals surface area (Å²) in [7, 11) is 0. The van der Waals surface area contributed by atoms with Gasteiger partial charge in [-0.3, -0.25) is 5.32 Å². The predicted molar refractivity (Wildman–Crippen MR) is 47.2 cm³/mol. The van der Waals surface area contributed by atoms with Crippen molar-refractivity contribution in [2.75, 3.05) is 11.9 Å². The number of carbonyl (C=O) groups excluding carboxylic acids is 1. The molecule has 1 rings (SSSR count). The fourth-order valence-electron chi connectivity index (χ4n) is 0.619. The van der Waals surface area contributed by atoms with Crippen molar-refractivity contribution in [1.29, 1.82) is 0 Å². The molecule has 0 bridgehead atoms. The molecule has 0 saturated carbocycles. The monoisotopic (exact) mass is 186 g/mol. The lowest BCUT2D eigenvalue weighted by Gasteiger charge is -2.01. The molecule has 1 aromatic heterocycles. The van der Waals surface area contributed by atoms with E-state index >= 15 is 0 Å². The SMILES string of the molecule is CCCNC(=O)Nc1cnsn1. The number of anilines is 1. The number of carbonyl (C=O) groups is 1. The summed E-state index contributed by atoms with van der Waals surface area (Å²) in [6.45, 7) is 2.66. The fourth-order valence-corrected chi connectivity index (χ4v) is 0.994. The maximum atomic E-state index is 11.0. The van der Waals surface area contributed by atoms with Crippen LogP contribution in [0.4, 0.5) is 10.6 Å². The normalized spacial score (nSPS) is 9.42. The van der Waals surface area contributed by atoms with Crippen LogP contribution in [0.5, 0.6) is 0 Å². The zero-order valence-electron chi connectivity index (χ0n) is 6.70. The number of urea groups is 1. The van der Waals surface area contributed by atoms with Crippen LogP contribution in [0.15, 0.2) is 6.20 Å². The van der Waals surface area contributed by atoms with Crippen LogP contribution in [0.2, 0.25) is 0 Å². The van der Waals surface area contributed by atoms with Crippen molar-refractivity contribution in [3.8, 4) is 0 Å². The Labute approximate surface area is 74.5 Å². The van der Waals surface area contributed by atoms with Crippen LogP contribution in [0, 0.1) is 0 Å². The molecule has 0 aliphatic carbocycles. The summed E-state index contributed by atoms with van der Waals surface area (Å²) in [6.07, 6.45) is 2.43. The lowest BCUT2D eigenvalue weighted by molar-refractivity contribution is 0.252. The first-order valence-corrected chi connectivity index (χ1v) is 4.38. The molecule has 0 saturated heterocycles. The Balaban J connectivity index is 2.27. The zero-order chi connectivity index (χ0) is 8.81. The first-order valence-electron chi connectivity index (χ1n) is 3.65. The van der Waals surface area contributed by atoms with Crippen molar-refractivity contribution in [2.45, 2.75) is 13.3 Å². The number of rotatable bonds is 3. The molecular weight excluding hydrogens is 176 g/mol. The molecular formula is C6H10N4OS. The molecule has 5 nitrogen and oxygen atoms in total. The molecule has 1 heterocycles. The minimum atomic E-state index is -0.232. The standard InChI is InChI=1S/C6H10N4OS/c1-2-3-7-6(11)9-5-4-8-12-10-5/h4H,2-3H2,1H3,(H2,7,9,10,11). The molecule has 2 N–H and O–H groups in total. The van der Waals surface area contributed by atoms with Gasteiger partial charge in [0.05, 0.1) is 17.9 Å². The van der Waals surface area contributed by atoms with Gasteiger partial charge < -0.3 is 5.32 Å². The highest BCUT2D eigenvalue weighted by atomic mass is 32.1. The molecule has 0 spiro atoms. The third-order valence-electron chi connectivity index (χ3n) is 1.14. The molecule has 0 aliphatic rings. The summed E-state index contributed by atoms with van der Waals surface area (Å²) >= 11 is 1.06. The van der Waals surface area contributed by atoms with Crippen LogP contribution in [0.1, 0.15) is 13.3 Å². The van der Waals surface area contributed by atoms with Crippen molar-refractivity contribution in [1.82, 2.24) is 14.1 Å². The largest absolute Gasteiger partial charge is 0.338 e. The molecule has 0 unspecified atom stereocenters. The third-order valence-corrected chi connectivity index (χ3v) is 1.62. The van der Waals surface area contributed by atoms with Crippen molar-refractivity contribution in [3.05, 3.63) is 6.20 Å². The Bertz CT molecular complexity index is 236. The molecule has 0 radical (unpaired) electrons. The highest BCUT2D eigenvalue weighted by Crippen LogP contribution is 2.00. The van der Waals surface area contributed by atoms with Gasteiger partial charge >= 0.3 is 6.03 Å². The minimum Gasteiger partial charge on any atom is -0.338 e. The van der Waals surface area contributed by atoms with Gasteiger partial charge in [0.25, 0.3) is 0 Å². The van der Waals surface area contributed by atoms with Crippen molar-refractivity contribution in [3.63, 3.8) is 0 Å². The van der Waals surface area contributed by atoms with Crippen molar-refractivity contribution in [2.24, 2.45) is 0 Å². The fraction of sp³-hybridized carbons (Fsp3) is 0.500. The highest BCUT2D eigenvalue weighted by Gasteiger charge is 2.00. The summed E-state index contributed by atoms with van der Waals surface area (Å²) in [4.78, 5) is 11.0.